The molecule has 1 aromatic rings. The van der Waals surface area contributed by atoms with Crippen molar-refractivity contribution >= 4 is 11.3 Å². The molecule has 1 atom stereocenters. The predicted octanol–water partition coefficient (Wildman–Crippen LogP) is 2.49. The largest absolute Gasteiger partial charge is 0.313 e. The molecule has 0 amide bonds. The van der Waals surface area contributed by atoms with Crippen LogP contribution in [0.25, 0.3) is 0 Å². The van der Waals surface area contributed by atoms with Gasteiger partial charge in [0.05, 0.1) is 0 Å². The van der Waals surface area contributed by atoms with Crippen molar-refractivity contribution in [3.8, 4) is 0 Å². The molecule has 1 N–H and O–H groups in total. The lowest BCUT2D eigenvalue weighted by Gasteiger charge is -2.20. The number of hydrogen-bond donors (Lipinski definition) is 1. The van der Waals surface area contributed by atoms with E-state index in [-0.39, 0.29) is 0 Å². The molecule has 90 valence electrons. The van der Waals surface area contributed by atoms with Gasteiger partial charge in [0.15, 0.2) is 0 Å². The third-order valence-electron chi connectivity index (χ3n) is 3.19. The van der Waals surface area contributed by atoms with Crippen LogP contribution < -0.4 is 5.32 Å². The van der Waals surface area contributed by atoms with Gasteiger partial charge in [-0.2, -0.15) is 0 Å². The zero-order valence-electron chi connectivity index (χ0n) is 10.3. The van der Waals surface area contributed by atoms with Crippen molar-refractivity contribution in [3.05, 3.63) is 21.9 Å². The van der Waals surface area contributed by atoms with Crippen molar-refractivity contribution in [2.45, 2.75) is 38.8 Å². The molecule has 0 bridgehead atoms. The molecule has 2 heterocycles. The van der Waals surface area contributed by atoms with E-state index in [0.29, 0.717) is 0 Å². The molecule has 0 aliphatic carbocycles. The summed E-state index contributed by atoms with van der Waals surface area (Å²) in [5.74, 6) is 0. The first-order valence-electron chi connectivity index (χ1n) is 6.27. The third kappa shape index (κ3) is 3.30. The minimum atomic E-state index is 0.718. The Kier molecular flexibility index (Phi) is 4.38. The van der Waals surface area contributed by atoms with Gasteiger partial charge in [0.25, 0.3) is 0 Å². The Balaban J connectivity index is 1.79. The fourth-order valence-electron chi connectivity index (χ4n) is 2.32. The summed E-state index contributed by atoms with van der Waals surface area (Å²) in [4.78, 5) is 5.44. The Morgan fingerprint density at radius 1 is 1.44 bits per heavy atom. The first kappa shape index (κ1) is 12.1. The second-order valence-corrected chi connectivity index (χ2v) is 5.96. The average Bonchev–Trinajstić information content (AvgIpc) is 2.89. The molecule has 0 spiro atoms. The number of likely N-dealkylation sites (N-methyl/N-ethyl adjacent to an activating group) is 1. The van der Waals surface area contributed by atoms with Crippen LogP contribution in [0, 0.1) is 0 Å². The van der Waals surface area contributed by atoms with Crippen molar-refractivity contribution in [1.29, 1.82) is 0 Å². The summed E-state index contributed by atoms with van der Waals surface area (Å²) in [7, 11) is 2.23. The molecule has 1 aromatic heterocycles. The second kappa shape index (κ2) is 5.80. The predicted molar refractivity (Wildman–Crippen MR) is 71.1 cm³/mol. The molecule has 1 fully saturated rings. The van der Waals surface area contributed by atoms with E-state index in [4.69, 9.17) is 0 Å². The maximum Gasteiger partial charge on any atom is 0.0325 e. The topological polar surface area (TPSA) is 15.3 Å². The van der Waals surface area contributed by atoms with Gasteiger partial charge >= 0.3 is 0 Å². The highest BCUT2D eigenvalue weighted by Crippen LogP contribution is 2.18. The summed E-state index contributed by atoms with van der Waals surface area (Å²) in [6, 6.07) is 5.26. The summed E-state index contributed by atoms with van der Waals surface area (Å²) in [5.41, 5.74) is 0. The number of nitrogens with zero attached hydrogens (tertiary/aromatic N) is 1. The molecule has 1 saturated heterocycles. The molecule has 1 unspecified atom stereocenters. The fourth-order valence-corrected chi connectivity index (χ4v) is 3.35. The molecular weight excluding hydrogens is 216 g/mol. The van der Waals surface area contributed by atoms with Gasteiger partial charge in [-0.25, -0.2) is 0 Å². The molecule has 2 rings (SSSR count). The summed E-state index contributed by atoms with van der Waals surface area (Å²) in [6.45, 7) is 5.71. The summed E-state index contributed by atoms with van der Waals surface area (Å²) < 4.78 is 0. The standard InChI is InChI=1S/C13H22N2S/c1-3-12-6-7-13(16-12)10-15(2)9-11-5-4-8-14-11/h6-7,11,14H,3-5,8-10H2,1-2H3. The number of rotatable bonds is 5. The maximum absolute atomic E-state index is 3.55. The molecule has 0 aromatic carbocycles. The number of aryl methyl sites for hydroxylation is 1. The quantitative estimate of drug-likeness (QED) is 0.848. The van der Waals surface area contributed by atoms with Crippen molar-refractivity contribution in [1.82, 2.24) is 10.2 Å². The SMILES string of the molecule is CCc1ccc(CN(C)CC2CCCN2)s1. The lowest BCUT2D eigenvalue weighted by atomic mass is 10.2. The highest BCUT2D eigenvalue weighted by molar-refractivity contribution is 7.11. The van der Waals surface area contributed by atoms with E-state index in [0.717, 1.165) is 12.6 Å². The molecule has 0 saturated carbocycles. The van der Waals surface area contributed by atoms with Crippen LogP contribution in [0.2, 0.25) is 0 Å². The molecule has 0 radical (unpaired) electrons. The van der Waals surface area contributed by atoms with E-state index < -0.39 is 0 Å². The van der Waals surface area contributed by atoms with Gasteiger partial charge in [-0.1, -0.05) is 6.92 Å². The van der Waals surface area contributed by atoms with Gasteiger partial charge in [-0.3, -0.25) is 4.90 Å². The maximum atomic E-state index is 3.55. The lowest BCUT2D eigenvalue weighted by Crippen LogP contribution is -2.34. The van der Waals surface area contributed by atoms with E-state index >= 15 is 0 Å². The Morgan fingerprint density at radius 2 is 2.25 bits per heavy atom. The van der Waals surface area contributed by atoms with Gasteiger partial charge in [0.2, 0.25) is 0 Å². The molecule has 16 heavy (non-hydrogen) atoms. The van der Waals surface area contributed by atoms with Crippen LogP contribution in [-0.4, -0.2) is 31.1 Å². The molecule has 1 aliphatic rings. The van der Waals surface area contributed by atoms with Crippen LogP contribution in [0.15, 0.2) is 12.1 Å². The van der Waals surface area contributed by atoms with Crippen molar-refractivity contribution in [2.75, 3.05) is 20.1 Å². The van der Waals surface area contributed by atoms with Crippen molar-refractivity contribution in [2.24, 2.45) is 0 Å². The van der Waals surface area contributed by atoms with E-state index in [1.54, 1.807) is 0 Å². The van der Waals surface area contributed by atoms with Gasteiger partial charge in [-0.05, 0) is 45.0 Å². The summed E-state index contributed by atoms with van der Waals surface area (Å²) in [5, 5.41) is 3.55. The van der Waals surface area contributed by atoms with Crippen LogP contribution in [0.5, 0.6) is 0 Å². The zero-order valence-corrected chi connectivity index (χ0v) is 11.1. The molecular formula is C13H22N2S. The van der Waals surface area contributed by atoms with Gasteiger partial charge < -0.3 is 5.32 Å². The fraction of sp³-hybridized carbons (Fsp3) is 0.692. The Bertz CT molecular complexity index is 315. The highest BCUT2D eigenvalue weighted by Gasteiger charge is 2.16. The van der Waals surface area contributed by atoms with Crippen molar-refractivity contribution < 1.29 is 0 Å². The van der Waals surface area contributed by atoms with Gasteiger partial charge in [-0.15, -0.1) is 11.3 Å². The first-order valence-corrected chi connectivity index (χ1v) is 7.09. The molecule has 1 aliphatic heterocycles. The second-order valence-electron chi connectivity index (χ2n) is 4.71. The molecule has 2 nitrogen and oxygen atoms in total. The number of nitrogens with one attached hydrogen (secondary N) is 1. The molecule has 3 heteroatoms. The van der Waals surface area contributed by atoms with Crippen LogP contribution in [-0.2, 0) is 13.0 Å². The van der Waals surface area contributed by atoms with Crippen molar-refractivity contribution in [3.63, 3.8) is 0 Å². The highest BCUT2D eigenvalue weighted by atomic mass is 32.1. The van der Waals surface area contributed by atoms with E-state index in [9.17, 15) is 0 Å². The van der Waals surface area contributed by atoms with Gasteiger partial charge in [0, 0.05) is 28.9 Å². The lowest BCUT2D eigenvalue weighted by molar-refractivity contribution is 0.295. The summed E-state index contributed by atoms with van der Waals surface area (Å²) in [6.07, 6.45) is 3.85. The third-order valence-corrected chi connectivity index (χ3v) is 4.40. The monoisotopic (exact) mass is 238 g/mol. The Morgan fingerprint density at radius 3 is 2.88 bits per heavy atom. The Hall–Kier alpha value is -0.380. The Labute approximate surface area is 103 Å². The van der Waals surface area contributed by atoms with Crippen LogP contribution in [0.1, 0.15) is 29.5 Å². The van der Waals surface area contributed by atoms with E-state index in [1.807, 2.05) is 11.3 Å². The van der Waals surface area contributed by atoms with E-state index in [2.05, 4.69) is 36.3 Å². The smallest absolute Gasteiger partial charge is 0.0325 e. The first-order chi connectivity index (χ1) is 7.78. The number of thiophene rings is 1. The normalized spacial score (nSPS) is 20.8. The number of hydrogen-bond acceptors (Lipinski definition) is 3. The average molecular weight is 238 g/mol. The zero-order chi connectivity index (χ0) is 11.4. The summed E-state index contributed by atoms with van der Waals surface area (Å²) >= 11 is 1.96. The van der Waals surface area contributed by atoms with Gasteiger partial charge in [0.1, 0.15) is 0 Å². The minimum Gasteiger partial charge on any atom is -0.313 e. The van der Waals surface area contributed by atoms with Crippen LogP contribution >= 0.6 is 11.3 Å². The minimum absolute atomic E-state index is 0.718. The van der Waals surface area contributed by atoms with Crippen LogP contribution in [0.4, 0.5) is 0 Å². The van der Waals surface area contributed by atoms with E-state index in [1.165, 1.54) is 42.1 Å². The van der Waals surface area contributed by atoms with Crippen LogP contribution in [0.3, 0.4) is 0 Å².